The van der Waals surface area contributed by atoms with E-state index in [2.05, 4.69) is 4.52 Å². The van der Waals surface area contributed by atoms with Crippen LogP contribution in [-0.2, 0) is 13.9 Å². The monoisotopic (exact) mass is 320 g/mol. The van der Waals surface area contributed by atoms with Crippen molar-refractivity contribution in [2.45, 2.75) is 36.9 Å². The first-order chi connectivity index (χ1) is 8.95. The molecule has 1 unspecified atom stereocenters. The van der Waals surface area contributed by atoms with E-state index >= 15 is 0 Å². The second-order valence-corrected chi connectivity index (χ2v) is 5.23. The molecule has 8 N–H and O–H groups in total. The molecule has 0 saturated heterocycles. The third-order valence-corrected chi connectivity index (χ3v) is 2.79. The topological polar surface area (TPSA) is 205 Å². The van der Waals surface area contributed by atoms with Crippen LogP contribution in [0.2, 0.25) is 0 Å². The van der Waals surface area contributed by atoms with Gasteiger partial charge in [0, 0.05) is 6.42 Å². The quantitative estimate of drug-likeness (QED) is 0.194. The Bertz CT molecular complexity index is 354. The van der Waals surface area contributed by atoms with Crippen LogP contribution in [0, 0.1) is 0 Å². The Morgan fingerprint density at radius 1 is 1.00 bits per heavy atom. The lowest BCUT2D eigenvalue weighted by Gasteiger charge is -2.26. The summed E-state index contributed by atoms with van der Waals surface area (Å²) in [6, 6.07) is 0. The van der Waals surface area contributed by atoms with Crippen molar-refractivity contribution >= 4 is 13.8 Å². The molecule has 0 aliphatic heterocycles. The number of carbonyl (C=O) groups is 1. The molecule has 0 bridgehead atoms. The highest BCUT2D eigenvalue weighted by Gasteiger charge is 2.33. The third-order valence-electron chi connectivity index (χ3n) is 2.30. The Morgan fingerprint density at radius 3 is 1.85 bits per heavy atom. The average molecular weight is 320 g/mol. The molecule has 20 heavy (non-hydrogen) atoms. The molecule has 0 heterocycles. The largest absolute Gasteiger partial charge is 0.479 e. The minimum Gasteiger partial charge on any atom is -0.479 e. The summed E-state index contributed by atoms with van der Waals surface area (Å²) < 4.78 is 14.2. The van der Waals surface area contributed by atoms with E-state index in [4.69, 9.17) is 20.0 Å². The zero-order chi connectivity index (χ0) is 16.1. The Morgan fingerprint density at radius 2 is 1.45 bits per heavy atom. The maximum Gasteiger partial charge on any atom is 0.469 e. The molecule has 12 heteroatoms. The number of hydrogen-bond donors (Lipinski definition) is 8. The first-order valence-corrected chi connectivity index (χ1v) is 6.82. The summed E-state index contributed by atoms with van der Waals surface area (Å²) in [5, 5.41) is 54.7. The fraction of sp³-hybridized carbons (Fsp3) is 0.875. The van der Waals surface area contributed by atoms with Crippen LogP contribution in [0.3, 0.4) is 0 Å². The molecule has 5 atom stereocenters. The number of carboxylic acids is 1. The smallest absolute Gasteiger partial charge is 0.469 e. The molecule has 0 aromatic rings. The normalized spacial score (nSPS) is 19.9. The molecule has 0 amide bonds. The number of rotatable bonds is 9. The van der Waals surface area contributed by atoms with Crippen LogP contribution in [0.5, 0.6) is 0 Å². The number of phosphoric ester groups is 1. The molecule has 0 aromatic heterocycles. The molecule has 0 aliphatic rings. The summed E-state index contributed by atoms with van der Waals surface area (Å²) in [6.07, 6.45) is -10.8. The van der Waals surface area contributed by atoms with E-state index in [9.17, 15) is 29.8 Å². The lowest BCUT2D eigenvalue weighted by molar-refractivity contribution is -0.152. The maximum absolute atomic E-state index is 10.4. The van der Waals surface area contributed by atoms with Crippen LogP contribution >= 0.6 is 7.82 Å². The van der Waals surface area contributed by atoms with Gasteiger partial charge in [0.05, 0.1) is 12.7 Å². The lowest BCUT2D eigenvalue weighted by Crippen LogP contribution is -2.47. The minimum absolute atomic E-state index is 0.820. The number of aliphatic hydroxyl groups excluding tert-OH is 5. The molecule has 11 nitrogen and oxygen atoms in total. The summed E-state index contributed by atoms with van der Waals surface area (Å²) >= 11 is 0. The minimum atomic E-state index is -4.88. The number of phosphoric acid groups is 1. The number of aliphatic hydroxyl groups is 5. The van der Waals surface area contributed by atoms with Crippen LogP contribution in [0.25, 0.3) is 0 Å². The Labute approximate surface area is 112 Å². The predicted molar refractivity (Wildman–Crippen MR) is 60.3 cm³/mol. The van der Waals surface area contributed by atoms with Gasteiger partial charge in [0.1, 0.15) is 18.3 Å². The Kier molecular flexibility index (Phi) is 7.73. The lowest BCUT2D eigenvalue weighted by atomic mass is 9.99. The van der Waals surface area contributed by atoms with Crippen molar-refractivity contribution in [3.05, 3.63) is 0 Å². The first kappa shape index (κ1) is 19.4. The summed E-state index contributed by atoms with van der Waals surface area (Å²) in [5.74, 6) is -1.66. The van der Waals surface area contributed by atoms with Crippen LogP contribution in [0.15, 0.2) is 0 Å². The summed E-state index contributed by atoms with van der Waals surface area (Å²) in [4.78, 5) is 27.0. The van der Waals surface area contributed by atoms with Gasteiger partial charge in [0.2, 0.25) is 0 Å². The van der Waals surface area contributed by atoms with Gasteiger partial charge < -0.3 is 40.4 Å². The van der Waals surface area contributed by atoms with E-state index < -0.39 is 57.3 Å². The Hall–Kier alpha value is -0.620. The molecule has 0 saturated carbocycles. The van der Waals surface area contributed by atoms with Crippen molar-refractivity contribution in [2.24, 2.45) is 0 Å². The molecule has 0 aromatic carbocycles. The van der Waals surface area contributed by atoms with Crippen LogP contribution in [-0.4, -0.2) is 83.5 Å². The molecule has 0 radical (unpaired) electrons. The summed E-state index contributed by atoms with van der Waals surface area (Å²) in [6.45, 7) is -1.03. The van der Waals surface area contributed by atoms with Crippen LogP contribution < -0.4 is 0 Å². The summed E-state index contributed by atoms with van der Waals surface area (Å²) in [5.41, 5.74) is 0. The average Bonchev–Trinajstić information content (AvgIpc) is 2.32. The molecular weight excluding hydrogens is 303 g/mol. The van der Waals surface area contributed by atoms with Gasteiger partial charge in [-0.3, -0.25) is 4.52 Å². The third kappa shape index (κ3) is 7.24. The van der Waals surface area contributed by atoms with E-state index in [1.807, 2.05) is 0 Å². The van der Waals surface area contributed by atoms with E-state index in [1.54, 1.807) is 0 Å². The van der Waals surface area contributed by atoms with Gasteiger partial charge >= 0.3 is 13.8 Å². The SMILES string of the molecule is O=C(O)C(O)C[C@@H](O)[C@@H](O)[C@H](O)[C@H](O)COP(=O)(O)O. The van der Waals surface area contributed by atoms with Gasteiger partial charge in [-0.15, -0.1) is 0 Å². The second-order valence-electron chi connectivity index (χ2n) is 3.99. The molecule has 0 aliphatic carbocycles. The molecule has 0 spiro atoms. The molecule has 0 rings (SSSR count). The number of carboxylic acid groups (broad SMARTS) is 1. The van der Waals surface area contributed by atoms with Gasteiger partial charge in [0.25, 0.3) is 0 Å². The highest BCUT2D eigenvalue weighted by molar-refractivity contribution is 7.46. The molecule has 120 valence electrons. The fourth-order valence-corrected chi connectivity index (χ4v) is 1.54. The zero-order valence-corrected chi connectivity index (χ0v) is 10.9. The van der Waals surface area contributed by atoms with Crippen molar-refractivity contribution in [1.29, 1.82) is 0 Å². The van der Waals surface area contributed by atoms with E-state index in [-0.39, 0.29) is 0 Å². The van der Waals surface area contributed by atoms with Gasteiger partial charge in [-0.1, -0.05) is 0 Å². The summed E-state index contributed by atoms with van der Waals surface area (Å²) in [7, 11) is -4.88. The van der Waals surface area contributed by atoms with Crippen molar-refractivity contribution in [2.75, 3.05) is 6.61 Å². The maximum atomic E-state index is 10.4. The highest BCUT2D eigenvalue weighted by atomic mass is 31.2. The van der Waals surface area contributed by atoms with Gasteiger partial charge in [-0.2, -0.15) is 0 Å². The highest BCUT2D eigenvalue weighted by Crippen LogP contribution is 2.35. The standard InChI is InChI=1S/C8H17O11P/c9-3(1-4(10)8(14)15)6(12)7(13)5(11)2-19-20(16,17)18/h3-7,9-13H,1-2H2,(H,14,15)(H2,16,17,18)/t3-,4?,5-,6-,7-/m1/s1. The van der Waals surface area contributed by atoms with Crippen molar-refractivity contribution < 1.29 is 54.3 Å². The van der Waals surface area contributed by atoms with Crippen LogP contribution in [0.4, 0.5) is 0 Å². The Balaban J connectivity index is 4.40. The zero-order valence-electron chi connectivity index (χ0n) is 10.1. The first-order valence-electron chi connectivity index (χ1n) is 5.29. The van der Waals surface area contributed by atoms with Crippen LogP contribution in [0.1, 0.15) is 6.42 Å². The van der Waals surface area contributed by atoms with E-state index in [0.29, 0.717) is 0 Å². The van der Waals surface area contributed by atoms with Gasteiger partial charge in [-0.05, 0) is 0 Å². The van der Waals surface area contributed by atoms with Gasteiger partial charge in [-0.25, -0.2) is 9.36 Å². The van der Waals surface area contributed by atoms with Crippen molar-refractivity contribution in [3.63, 3.8) is 0 Å². The number of aliphatic carboxylic acids is 1. The fourth-order valence-electron chi connectivity index (χ4n) is 1.20. The van der Waals surface area contributed by atoms with Crippen molar-refractivity contribution in [1.82, 2.24) is 0 Å². The molecular formula is C8H17O11P. The van der Waals surface area contributed by atoms with E-state index in [0.717, 1.165) is 0 Å². The van der Waals surface area contributed by atoms with Crippen molar-refractivity contribution in [3.8, 4) is 0 Å². The second kappa shape index (κ2) is 7.98. The predicted octanol–water partition coefficient (Wildman–Crippen LogP) is -3.63. The van der Waals surface area contributed by atoms with E-state index in [1.165, 1.54) is 0 Å². The van der Waals surface area contributed by atoms with Gasteiger partial charge in [0.15, 0.2) is 6.10 Å². The number of hydrogen-bond acceptors (Lipinski definition) is 8. The molecule has 0 fully saturated rings.